The largest absolute Gasteiger partial charge is 0.491 e. The summed E-state index contributed by atoms with van der Waals surface area (Å²) >= 11 is 0. The number of hydrogen-bond acceptors (Lipinski definition) is 5. The third-order valence-electron chi connectivity index (χ3n) is 6.73. The van der Waals surface area contributed by atoms with Crippen molar-refractivity contribution in [3.63, 3.8) is 0 Å². The Balaban J connectivity index is 1.45. The number of carbonyl (C=O) groups is 1. The Morgan fingerprint density at radius 3 is 2.66 bits per heavy atom. The van der Waals surface area contributed by atoms with Gasteiger partial charge in [0.15, 0.2) is 0 Å². The lowest BCUT2D eigenvalue weighted by molar-refractivity contribution is -0.914. The summed E-state index contributed by atoms with van der Waals surface area (Å²) < 4.78 is 35.8. The zero-order valence-corrected chi connectivity index (χ0v) is 19.5. The van der Waals surface area contributed by atoms with Gasteiger partial charge in [0, 0.05) is 41.4 Å². The summed E-state index contributed by atoms with van der Waals surface area (Å²) in [6.45, 7) is 1.16. The molecule has 10 heteroatoms. The van der Waals surface area contributed by atoms with Crippen molar-refractivity contribution in [1.29, 1.82) is 0 Å². The first kappa shape index (κ1) is 23.5. The number of benzene rings is 1. The predicted octanol–water partition coefficient (Wildman–Crippen LogP) is 4.19. The molecule has 5 rings (SSSR count). The fourth-order valence-corrected chi connectivity index (χ4v) is 4.48. The highest BCUT2D eigenvalue weighted by Gasteiger charge is 2.39. The lowest BCUT2D eigenvalue weighted by Crippen LogP contribution is -2.46. The number of fused-ring (bicyclic) bond motifs is 1. The van der Waals surface area contributed by atoms with Crippen LogP contribution < -0.4 is 14.8 Å². The fourth-order valence-electron chi connectivity index (χ4n) is 4.48. The van der Waals surface area contributed by atoms with E-state index < -0.39 is 17.5 Å². The van der Waals surface area contributed by atoms with E-state index in [0.29, 0.717) is 36.4 Å². The number of amides is 1. The molecule has 2 aromatic heterocycles. The highest BCUT2D eigenvalue weighted by atomic mass is 19.3. The molecule has 2 heterocycles. The van der Waals surface area contributed by atoms with Gasteiger partial charge in [-0.2, -0.15) is 13.9 Å². The minimum Gasteiger partial charge on any atom is -0.491 e. The number of aliphatic hydroxyl groups is 1. The van der Waals surface area contributed by atoms with Crippen LogP contribution in [0.25, 0.3) is 10.9 Å². The average Bonchev–Trinajstić information content (AvgIpc) is 3.55. The number of rotatable bonds is 7. The minimum absolute atomic E-state index is 0.187. The van der Waals surface area contributed by atoms with Crippen molar-refractivity contribution in [2.75, 3.05) is 11.9 Å². The van der Waals surface area contributed by atoms with Crippen molar-refractivity contribution in [2.24, 2.45) is 5.92 Å². The van der Waals surface area contributed by atoms with E-state index in [1.165, 1.54) is 12.1 Å². The first-order valence-electron chi connectivity index (χ1n) is 12.0. The Kier molecular flexibility index (Phi) is 6.08. The molecule has 0 radical (unpaired) electrons. The maximum atomic E-state index is 13.8. The number of ether oxygens (including phenoxy) is 1. The molecule has 3 aromatic rings. The van der Waals surface area contributed by atoms with E-state index in [2.05, 4.69) is 5.32 Å². The van der Waals surface area contributed by atoms with Crippen LogP contribution in [0.15, 0.2) is 36.5 Å². The Labute approximate surface area is 201 Å². The molecular weight excluding hydrogens is 458 g/mol. The van der Waals surface area contributed by atoms with E-state index in [1.54, 1.807) is 12.1 Å². The van der Waals surface area contributed by atoms with Crippen molar-refractivity contribution in [2.45, 2.75) is 63.5 Å². The standard InChI is InChI=1S/C25H28F2N4O4/c1-25(26,27)23-4-2-3-21(31(23)34)24(33)28-20-11-16-13-30(17-7-9-18(32)10-8-17)29-19(16)12-22(20)35-14-15-5-6-15/h2-4,11-13,15,17-18,32H,5-10,14H2,1H3,(H-,28,33,34)/p+1/t17-,18-. The van der Waals surface area contributed by atoms with Crippen molar-refractivity contribution in [3.05, 3.63) is 47.9 Å². The van der Waals surface area contributed by atoms with Crippen LogP contribution in [0.4, 0.5) is 14.5 Å². The molecule has 1 amide bonds. The summed E-state index contributed by atoms with van der Waals surface area (Å²) in [7, 11) is 0. The molecule has 8 nitrogen and oxygen atoms in total. The number of hydrogen-bond donors (Lipinski definition) is 3. The molecular formula is C25H29F2N4O4+. The van der Waals surface area contributed by atoms with Crippen molar-refractivity contribution >= 4 is 22.5 Å². The van der Waals surface area contributed by atoms with Gasteiger partial charge in [-0.15, -0.1) is 0 Å². The molecule has 0 saturated heterocycles. The van der Waals surface area contributed by atoms with E-state index in [1.807, 2.05) is 10.9 Å². The van der Waals surface area contributed by atoms with Gasteiger partial charge >= 0.3 is 23.2 Å². The SMILES string of the molecule is CC(F)(F)c1cccc(C(=O)Nc2cc3cn([C@H]4CC[C@H](O)CC4)nc3cc2OCC2CC2)[n+]1O. The summed E-state index contributed by atoms with van der Waals surface area (Å²) in [5.74, 6) is -3.17. The maximum absolute atomic E-state index is 13.8. The van der Waals surface area contributed by atoms with E-state index in [0.717, 1.165) is 50.0 Å². The number of aliphatic hydroxyl groups excluding tert-OH is 1. The Bertz CT molecular complexity index is 1240. The Morgan fingerprint density at radius 1 is 1.23 bits per heavy atom. The number of aromatic nitrogens is 3. The molecule has 3 N–H and O–H groups in total. The van der Waals surface area contributed by atoms with Gasteiger partial charge in [-0.3, -0.25) is 14.7 Å². The van der Waals surface area contributed by atoms with E-state index in [-0.39, 0.29) is 22.6 Å². The van der Waals surface area contributed by atoms with Crippen LogP contribution in [0.1, 0.15) is 67.7 Å². The van der Waals surface area contributed by atoms with Crippen LogP contribution in [-0.4, -0.2) is 38.7 Å². The number of nitrogens with one attached hydrogen (secondary N) is 1. The van der Waals surface area contributed by atoms with Crippen molar-refractivity contribution in [1.82, 2.24) is 9.78 Å². The second-order valence-electron chi connectivity index (χ2n) is 9.68. The quantitative estimate of drug-likeness (QED) is 0.343. The van der Waals surface area contributed by atoms with Crippen LogP contribution in [0.3, 0.4) is 0 Å². The second-order valence-corrected chi connectivity index (χ2v) is 9.68. The Hall–Kier alpha value is -3.27. The topological polar surface area (TPSA) is 100 Å². The number of alkyl halides is 2. The normalized spacial score (nSPS) is 20.7. The number of nitrogens with zero attached hydrogens (tertiary/aromatic N) is 3. The van der Waals surface area contributed by atoms with Crippen LogP contribution in [0, 0.1) is 5.92 Å². The van der Waals surface area contributed by atoms with E-state index in [9.17, 15) is 23.9 Å². The monoisotopic (exact) mass is 487 g/mol. The summed E-state index contributed by atoms with van der Waals surface area (Å²) in [5.41, 5.74) is 0.0681. The number of carbonyl (C=O) groups excluding carboxylic acids is 1. The number of pyridine rings is 1. The van der Waals surface area contributed by atoms with Gasteiger partial charge in [0.1, 0.15) is 5.75 Å². The molecule has 2 fully saturated rings. The van der Waals surface area contributed by atoms with E-state index in [4.69, 9.17) is 9.84 Å². The van der Waals surface area contributed by atoms with Gasteiger partial charge in [0.05, 0.1) is 30.0 Å². The molecule has 0 bridgehead atoms. The van der Waals surface area contributed by atoms with Gasteiger partial charge in [-0.05, 0) is 56.6 Å². The molecule has 2 aliphatic rings. The molecule has 0 aliphatic heterocycles. The second kappa shape index (κ2) is 9.07. The molecule has 186 valence electrons. The number of anilines is 1. The zero-order chi connectivity index (χ0) is 24.7. The zero-order valence-electron chi connectivity index (χ0n) is 19.5. The first-order valence-corrected chi connectivity index (χ1v) is 12.0. The number of halogens is 2. The predicted molar refractivity (Wildman–Crippen MR) is 123 cm³/mol. The van der Waals surface area contributed by atoms with Crippen LogP contribution in [-0.2, 0) is 5.92 Å². The summed E-state index contributed by atoms with van der Waals surface area (Å²) in [4.78, 5) is 13.0. The lowest BCUT2D eigenvalue weighted by atomic mass is 9.93. The molecule has 2 aliphatic carbocycles. The molecule has 0 atom stereocenters. The van der Waals surface area contributed by atoms with E-state index >= 15 is 0 Å². The van der Waals surface area contributed by atoms with Crippen LogP contribution in [0.2, 0.25) is 0 Å². The van der Waals surface area contributed by atoms with Gasteiger partial charge in [-0.25, -0.2) is 0 Å². The van der Waals surface area contributed by atoms with Gasteiger partial charge in [-0.1, -0.05) is 0 Å². The molecule has 1 aromatic carbocycles. The van der Waals surface area contributed by atoms with Crippen LogP contribution in [0.5, 0.6) is 5.75 Å². The summed E-state index contributed by atoms with van der Waals surface area (Å²) in [5, 5.41) is 28.3. The molecule has 0 spiro atoms. The summed E-state index contributed by atoms with van der Waals surface area (Å²) in [6, 6.07) is 7.33. The lowest BCUT2D eigenvalue weighted by Gasteiger charge is -2.25. The smallest absolute Gasteiger partial charge is 0.332 e. The third kappa shape index (κ3) is 5.07. The van der Waals surface area contributed by atoms with Crippen molar-refractivity contribution < 1.29 is 33.4 Å². The average molecular weight is 488 g/mol. The summed E-state index contributed by atoms with van der Waals surface area (Å²) in [6.07, 6.45) is 6.95. The Morgan fingerprint density at radius 2 is 1.97 bits per heavy atom. The molecule has 35 heavy (non-hydrogen) atoms. The highest BCUT2D eigenvalue weighted by Crippen LogP contribution is 2.36. The fraction of sp³-hybridized carbons (Fsp3) is 0.480. The third-order valence-corrected chi connectivity index (χ3v) is 6.73. The van der Waals surface area contributed by atoms with Gasteiger partial charge < -0.3 is 15.2 Å². The van der Waals surface area contributed by atoms with Crippen LogP contribution >= 0.6 is 0 Å². The maximum Gasteiger partial charge on any atom is 0.332 e. The van der Waals surface area contributed by atoms with Crippen molar-refractivity contribution in [3.8, 4) is 5.75 Å². The van der Waals surface area contributed by atoms with Gasteiger partial charge in [0.25, 0.3) is 0 Å². The minimum atomic E-state index is -3.33. The molecule has 0 unspecified atom stereocenters. The first-order chi connectivity index (χ1) is 16.7. The highest BCUT2D eigenvalue weighted by molar-refractivity contribution is 6.04. The molecule has 2 saturated carbocycles. The van der Waals surface area contributed by atoms with Gasteiger partial charge in [0.2, 0.25) is 0 Å².